The van der Waals surface area contributed by atoms with E-state index in [0.717, 1.165) is 6.42 Å². The van der Waals surface area contributed by atoms with Crippen molar-refractivity contribution in [3.05, 3.63) is 0 Å². The quantitative estimate of drug-likeness (QED) is 0.238. The van der Waals surface area contributed by atoms with Gasteiger partial charge in [-0.25, -0.2) is 0 Å². The Hall–Kier alpha value is -0.200. The third-order valence-corrected chi connectivity index (χ3v) is 5.03. The fraction of sp³-hybridized carbons (Fsp3) is 1.00. The topological polar surface area (TPSA) is 68.2 Å². The second-order valence-electron chi connectivity index (χ2n) is 7.92. The van der Waals surface area contributed by atoms with E-state index in [0.29, 0.717) is 13.2 Å². The summed E-state index contributed by atoms with van der Waals surface area (Å²) >= 11 is 0. The maximum Gasteiger partial charge on any atom is 0.104 e. The first-order valence-electron chi connectivity index (χ1n) is 11.7. The molecule has 5 nitrogen and oxygen atoms in total. The molecule has 0 aliphatic carbocycles. The summed E-state index contributed by atoms with van der Waals surface area (Å²) in [5.41, 5.74) is 0. The number of methoxy groups -OCH3 is 1. The highest BCUT2D eigenvalue weighted by Gasteiger charge is 2.11. The molecule has 2 atom stereocenters. The first kappa shape index (κ1) is 27.8. The van der Waals surface area contributed by atoms with Crippen LogP contribution in [0, 0.1) is 0 Å². The number of ether oxygens (including phenoxy) is 3. The summed E-state index contributed by atoms with van der Waals surface area (Å²) < 4.78 is 15.8. The number of hydrogen-bond donors (Lipinski definition) is 2. The van der Waals surface area contributed by atoms with Crippen LogP contribution in [-0.2, 0) is 14.2 Å². The molecule has 0 aromatic heterocycles. The lowest BCUT2D eigenvalue weighted by atomic mass is 10.0. The minimum atomic E-state index is -0.655. The fourth-order valence-electron chi connectivity index (χ4n) is 3.25. The first-order valence-corrected chi connectivity index (χ1v) is 11.7. The van der Waals surface area contributed by atoms with Crippen LogP contribution in [0.2, 0.25) is 0 Å². The zero-order valence-electron chi connectivity index (χ0n) is 18.7. The second kappa shape index (κ2) is 23.1. The smallest absolute Gasteiger partial charge is 0.104 e. The molecule has 0 rings (SSSR count). The van der Waals surface area contributed by atoms with Gasteiger partial charge >= 0.3 is 0 Å². The van der Waals surface area contributed by atoms with Crippen LogP contribution in [0.3, 0.4) is 0 Å². The zero-order valence-corrected chi connectivity index (χ0v) is 18.7. The van der Waals surface area contributed by atoms with E-state index >= 15 is 0 Å². The van der Waals surface area contributed by atoms with Crippen LogP contribution >= 0.6 is 0 Å². The van der Waals surface area contributed by atoms with Crippen LogP contribution in [-0.4, -0.2) is 62.6 Å². The number of aliphatic hydroxyl groups is 2. The van der Waals surface area contributed by atoms with E-state index in [1.807, 2.05) is 0 Å². The molecule has 0 radical (unpaired) electrons. The number of rotatable bonds is 23. The highest BCUT2D eigenvalue weighted by Crippen LogP contribution is 2.13. The van der Waals surface area contributed by atoms with Gasteiger partial charge in [0.25, 0.3) is 0 Å². The first-order chi connectivity index (χ1) is 13.7. The molecule has 170 valence electrons. The summed E-state index contributed by atoms with van der Waals surface area (Å²) in [6.45, 7) is 3.62. The van der Waals surface area contributed by atoms with Gasteiger partial charge in [0.2, 0.25) is 0 Å². The molecular formula is C23H48O5. The number of unbranched alkanes of at least 4 members (excludes halogenated alkanes) is 13. The third kappa shape index (κ3) is 20.5. The predicted molar refractivity (Wildman–Crippen MR) is 116 cm³/mol. The lowest BCUT2D eigenvalue weighted by molar-refractivity contribution is -0.0774. The molecule has 2 N–H and O–H groups in total. The second-order valence-corrected chi connectivity index (χ2v) is 7.92. The van der Waals surface area contributed by atoms with Crippen molar-refractivity contribution in [1.82, 2.24) is 0 Å². The Kier molecular flexibility index (Phi) is 22.9. The molecule has 0 amide bonds. The third-order valence-electron chi connectivity index (χ3n) is 5.03. The minimum absolute atomic E-state index is 0.111. The van der Waals surface area contributed by atoms with Crippen LogP contribution in [0.25, 0.3) is 0 Å². The summed E-state index contributed by atoms with van der Waals surface area (Å²) in [4.78, 5) is 0. The van der Waals surface area contributed by atoms with Crippen molar-refractivity contribution >= 4 is 0 Å². The highest BCUT2D eigenvalue weighted by atomic mass is 16.5. The van der Waals surface area contributed by atoms with E-state index in [2.05, 4.69) is 6.92 Å². The van der Waals surface area contributed by atoms with Crippen molar-refractivity contribution in [2.24, 2.45) is 0 Å². The van der Waals surface area contributed by atoms with Crippen LogP contribution in [0.1, 0.15) is 96.8 Å². The Morgan fingerprint density at radius 3 is 1.64 bits per heavy atom. The molecule has 0 saturated carbocycles. The van der Waals surface area contributed by atoms with Gasteiger partial charge in [0.15, 0.2) is 0 Å². The Morgan fingerprint density at radius 2 is 1.18 bits per heavy atom. The van der Waals surface area contributed by atoms with Crippen LogP contribution in [0.5, 0.6) is 0 Å². The Bertz CT molecular complexity index is 288. The molecule has 0 saturated heterocycles. The van der Waals surface area contributed by atoms with Gasteiger partial charge in [0.05, 0.1) is 26.4 Å². The van der Waals surface area contributed by atoms with E-state index in [1.54, 1.807) is 7.11 Å². The maximum atomic E-state index is 9.80. The fourth-order valence-corrected chi connectivity index (χ4v) is 3.25. The monoisotopic (exact) mass is 404 g/mol. The van der Waals surface area contributed by atoms with Gasteiger partial charge in [-0.15, -0.1) is 0 Å². The standard InChI is InChI=1S/C23H48O5/c1-3-4-5-6-7-8-9-10-11-12-13-14-15-16-17-27-19-22(25)20-28-23(18-24)21-26-2/h22-25H,3-21H2,1-2H3. The van der Waals surface area contributed by atoms with Gasteiger partial charge < -0.3 is 24.4 Å². The van der Waals surface area contributed by atoms with Crippen LogP contribution in [0.15, 0.2) is 0 Å². The Balaban J connectivity index is 3.20. The van der Waals surface area contributed by atoms with Crippen molar-refractivity contribution in [1.29, 1.82) is 0 Å². The van der Waals surface area contributed by atoms with E-state index in [1.165, 1.54) is 83.5 Å². The van der Waals surface area contributed by atoms with Crippen molar-refractivity contribution in [2.45, 2.75) is 109 Å². The molecule has 0 heterocycles. The molecular weight excluding hydrogens is 356 g/mol. The normalized spacial score (nSPS) is 13.7. The van der Waals surface area contributed by atoms with E-state index in [9.17, 15) is 5.11 Å². The van der Waals surface area contributed by atoms with E-state index < -0.39 is 6.10 Å². The zero-order chi connectivity index (χ0) is 20.7. The molecule has 0 bridgehead atoms. The molecule has 28 heavy (non-hydrogen) atoms. The summed E-state index contributed by atoms with van der Waals surface area (Å²) in [5, 5.41) is 18.9. The number of aliphatic hydroxyl groups excluding tert-OH is 2. The van der Waals surface area contributed by atoms with E-state index in [4.69, 9.17) is 19.3 Å². The van der Waals surface area contributed by atoms with Gasteiger partial charge in [0, 0.05) is 13.7 Å². The molecule has 2 unspecified atom stereocenters. The highest BCUT2D eigenvalue weighted by molar-refractivity contribution is 4.58. The molecule has 0 aliphatic rings. The molecule has 5 heteroatoms. The molecule has 0 aromatic rings. The van der Waals surface area contributed by atoms with Gasteiger partial charge in [-0.1, -0.05) is 90.4 Å². The SMILES string of the molecule is CCCCCCCCCCCCCCCCOCC(O)COC(CO)COC. The lowest BCUT2D eigenvalue weighted by Gasteiger charge is -2.17. The predicted octanol–water partition coefficient (Wildman–Crippen LogP) is 4.87. The molecule has 0 spiro atoms. The van der Waals surface area contributed by atoms with Crippen LogP contribution < -0.4 is 0 Å². The average Bonchev–Trinajstić information content (AvgIpc) is 2.70. The maximum absolute atomic E-state index is 9.80. The molecule has 0 aromatic carbocycles. The minimum Gasteiger partial charge on any atom is -0.394 e. The summed E-state index contributed by atoms with van der Waals surface area (Å²) in [7, 11) is 1.56. The average molecular weight is 405 g/mol. The number of hydrogen-bond acceptors (Lipinski definition) is 5. The van der Waals surface area contributed by atoms with Crippen molar-refractivity contribution in [3.63, 3.8) is 0 Å². The van der Waals surface area contributed by atoms with Gasteiger partial charge in [-0.3, -0.25) is 0 Å². The van der Waals surface area contributed by atoms with Gasteiger partial charge in [-0.2, -0.15) is 0 Å². The van der Waals surface area contributed by atoms with Crippen molar-refractivity contribution in [3.8, 4) is 0 Å². The van der Waals surface area contributed by atoms with Gasteiger partial charge in [-0.05, 0) is 6.42 Å². The largest absolute Gasteiger partial charge is 0.394 e. The lowest BCUT2D eigenvalue weighted by Crippen LogP contribution is -2.30. The molecule has 0 aliphatic heterocycles. The summed E-state index contributed by atoms with van der Waals surface area (Å²) in [5.74, 6) is 0. The Labute approximate surface area is 174 Å². The van der Waals surface area contributed by atoms with Crippen molar-refractivity contribution in [2.75, 3.05) is 40.1 Å². The Morgan fingerprint density at radius 1 is 0.679 bits per heavy atom. The van der Waals surface area contributed by atoms with Crippen LogP contribution in [0.4, 0.5) is 0 Å². The molecule has 0 fully saturated rings. The summed E-state index contributed by atoms with van der Waals surface area (Å²) in [6, 6.07) is 0. The van der Waals surface area contributed by atoms with Gasteiger partial charge in [0.1, 0.15) is 12.2 Å². The summed E-state index contributed by atoms with van der Waals surface area (Å²) in [6.07, 6.45) is 17.8. The van der Waals surface area contributed by atoms with Crippen molar-refractivity contribution < 1.29 is 24.4 Å². The van der Waals surface area contributed by atoms with E-state index in [-0.39, 0.29) is 25.9 Å².